The minimum absolute atomic E-state index is 0.214. The molecule has 0 fully saturated rings. The van der Waals surface area contributed by atoms with Gasteiger partial charge in [0, 0.05) is 5.56 Å². The second-order valence-corrected chi connectivity index (χ2v) is 2.71. The molecule has 0 spiro atoms. The molecule has 1 radical (unpaired) electrons. The lowest BCUT2D eigenvalue weighted by Crippen LogP contribution is -2.00. The predicted octanol–water partition coefficient (Wildman–Crippen LogP) is 2.03. The van der Waals surface area contributed by atoms with Crippen LogP contribution in [0.4, 0.5) is 11.4 Å². The van der Waals surface area contributed by atoms with Crippen molar-refractivity contribution >= 4 is 11.4 Å². The summed E-state index contributed by atoms with van der Waals surface area (Å²) >= 11 is 0. The minimum atomic E-state index is -0.815. The Balaban J connectivity index is 3.40. The zero-order valence-corrected chi connectivity index (χ0v) is 7.67. The molecule has 6 heteroatoms. The van der Waals surface area contributed by atoms with Gasteiger partial charge in [-0.3, -0.25) is 20.2 Å². The van der Waals surface area contributed by atoms with Gasteiger partial charge >= 0.3 is 11.4 Å². The largest absolute Gasteiger partial charge is 0.354 e. The third kappa shape index (κ3) is 2.16. The van der Waals surface area contributed by atoms with Crippen LogP contribution >= 0.6 is 0 Å². The van der Waals surface area contributed by atoms with E-state index in [1.54, 1.807) is 0 Å². The van der Waals surface area contributed by atoms with Crippen LogP contribution in [-0.4, -0.2) is 9.85 Å². The van der Waals surface area contributed by atoms with Gasteiger partial charge in [-0.25, -0.2) is 0 Å². The number of nitrogens with zero attached hydrogens (tertiary/aromatic N) is 2. The average Bonchev–Trinajstić information content (AvgIpc) is 2.17. The number of allylic oxidation sites excluding steroid dienone is 1. The molecule has 0 amide bonds. The molecule has 0 saturated heterocycles. The summed E-state index contributed by atoms with van der Waals surface area (Å²) in [4.78, 5) is 19.6. The third-order valence-electron chi connectivity index (χ3n) is 1.76. The van der Waals surface area contributed by atoms with E-state index in [2.05, 4.69) is 12.6 Å². The van der Waals surface area contributed by atoms with Crippen molar-refractivity contribution in [2.24, 2.45) is 0 Å². The second kappa shape index (κ2) is 4.32. The van der Waals surface area contributed by atoms with E-state index in [4.69, 9.17) is 0 Å². The fraction of sp³-hybridized carbons (Fsp3) is 0.111. The highest BCUT2D eigenvalue weighted by atomic mass is 16.6. The Labute approximate surface area is 85.1 Å². The molecule has 0 atom stereocenters. The lowest BCUT2D eigenvalue weighted by molar-refractivity contribution is -0.423. The number of nitro benzene ring substituents is 2. The maximum atomic E-state index is 10.7. The van der Waals surface area contributed by atoms with Crippen LogP contribution in [-0.2, 0) is 6.42 Å². The number of nitro groups is 2. The maximum Gasteiger partial charge on any atom is 0.354 e. The summed E-state index contributed by atoms with van der Waals surface area (Å²) in [5.41, 5.74) is -0.859. The van der Waals surface area contributed by atoms with E-state index in [0.29, 0.717) is 0 Å². The van der Waals surface area contributed by atoms with Crippen molar-refractivity contribution in [3.05, 3.63) is 56.6 Å². The molecule has 0 heterocycles. The lowest BCUT2D eigenvalue weighted by Gasteiger charge is -1.99. The summed E-state index contributed by atoms with van der Waals surface area (Å²) in [5, 5.41) is 21.2. The first-order valence-electron chi connectivity index (χ1n) is 4.01. The van der Waals surface area contributed by atoms with Crippen molar-refractivity contribution in [3.8, 4) is 0 Å². The molecule has 77 valence electrons. The molecule has 1 aromatic rings. The van der Waals surface area contributed by atoms with E-state index in [-0.39, 0.29) is 12.0 Å². The van der Waals surface area contributed by atoms with Gasteiger partial charge in [-0.15, -0.1) is 6.58 Å². The predicted molar refractivity (Wildman–Crippen MR) is 52.5 cm³/mol. The topological polar surface area (TPSA) is 86.3 Å². The summed E-state index contributed by atoms with van der Waals surface area (Å²) < 4.78 is 0. The third-order valence-corrected chi connectivity index (χ3v) is 1.76. The molecule has 0 aliphatic heterocycles. The van der Waals surface area contributed by atoms with E-state index in [0.717, 1.165) is 0 Å². The molecule has 1 aromatic carbocycles. The number of benzene rings is 1. The Morgan fingerprint density at radius 1 is 1.40 bits per heavy atom. The Kier molecular flexibility index (Phi) is 3.12. The summed E-state index contributed by atoms with van der Waals surface area (Å²) in [7, 11) is 0. The first-order valence-corrected chi connectivity index (χ1v) is 4.01. The second-order valence-electron chi connectivity index (χ2n) is 2.71. The molecule has 0 aliphatic rings. The first-order chi connectivity index (χ1) is 7.07. The molecular formula is C9H7N2O4. The van der Waals surface area contributed by atoms with Crippen LogP contribution in [0.25, 0.3) is 0 Å². The highest BCUT2D eigenvalue weighted by molar-refractivity contribution is 5.57. The molecular weight excluding hydrogens is 200 g/mol. The highest BCUT2D eigenvalue weighted by Gasteiger charge is 2.27. The normalized spacial score (nSPS) is 9.60. The molecule has 0 unspecified atom stereocenters. The quantitative estimate of drug-likeness (QED) is 0.429. The molecule has 0 N–H and O–H groups in total. The Bertz CT molecular complexity index is 428. The standard InChI is InChI=1S/C9H7N2O4/c1-2-4-7-5-3-6-8(10(12)13)9(7)11(14)15/h2-3,5H,1,4H2. The zero-order valence-electron chi connectivity index (χ0n) is 7.67. The van der Waals surface area contributed by atoms with Gasteiger partial charge in [0.15, 0.2) is 0 Å². The van der Waals surface area contributed by atoms with E-state index in [9.17, 15) is 20.2 Å². The van der Waals surface area contributed by atoms with E-state index in [1.165, 1.54) is 18.2 Å². The summed E-state index contributed by atoms with van der Waals surface area (Å²) in [6.45, 7) is 3.43. The van der Waals surface area contributed by atoms with Crippen LogP contribution in [0.15, 0.2) is 24.8 Å². The average molecular weight is 207 g/mol. The summed E-state index contributed by atoms with van der Waals surface area (Å²) in [6.07, 6.45) is 1.66. The van der Waals surface area contributed by atoms with Crippen molar-refractivity contribution in [2.75, 3.05) is 0 Å². The van der Waals surface area contributed by atoms with E-state index in [1.807, 2.05) is 0 Å². The van der Waals surface area contributed by atoms with Crippen LogP contribution in [0.5, 0.6) is 0 Å². The van der Waals surface area contributed by atoms with Crippen LogP contribution in [0.3, 0.4) is 0 Å². The zero-order chi connectivity index (χ0) is 11.4. The highest BCUT2D eigenvalue weighted by Crippen LogP contribution is 2.30. The van der Waals surface area contributed by atoms with Gasteiger partial charge < -0.3 is 0 Å². The van der Waals surface area contributed by atoms with Crippen molar-refractivity contribution in [3.63, 3.8) is 0 Å². The van der Waals surface area contributed by atoms with Crippen molar-refractivity contribution in [1.82, 2.24) is 0 Å². The van der Waals surface area contributed by atoms with Crippen LogP contribution < -0.4 is 0 Å². The van der Waals surface area contributed by atoms with Gasteiger partial charge in [-0.05, 0) is 12.5 Å². The van der Waals surface area contributed by atoms with Crippen LogP contribution in [0.2, 0.25) is 0 Å². The van der Waals surface area contributed by atoms with Crippen LogP contribution in [0, 0.1) is 26.3 Å². The number of rotatable bonds is 4. The Morgan fingerprint density at radius 3 is 2.53 bits per heavy atom. The van der Waals surface area contributed by atoms with Crippen LogP contribution in [0.1, 0.15) is 5.56 Å². The van der Waals surface area contributed by atoms with Crippen molar-refractivity contribution in [2.45, 2.75) is 6.42 Å². The molecule has 0 aromatic heterocycles. The van der Waals surface area contributed by atoms with Gasteiger partial charge in [0.25, 0.3) is 0 Å². The lowest BCUT2D eigenvalue weighted by atomic mass is 10.1. The van der Waals surface area contributed by atoms with Gasteiger partial charge in [0.05, 0.1) is 15.9 Å². The van der Waals surface area contributed by atoms with Gasteiger partial charge in [0.1, 0.15) is 0 Å². The van der Waals surface area contributed by atoms with Crippen molar-refractivity contribution < 1.29 is 9.85 Å². The Hall–Kier alpha value is -2.24. The molecule has 6 nitrogen and oxygen atoms in total. The van der Waals surface area contributed by atoms with Gasteiger partial charge in [0.2, 0.25) is 0 Å². The number of hydrogen-bond acceptors (Lipinski definition) is 4. The van der Waals surface area contributed by atoms with Gasteiger partial charge in [-0.2, -0.15) is 0 Å². The summed E-state index contributed by atoms with van der Waals surface area (Å²) in [5.74, 6) is 0. The molecule has 15 heavy (non-hydrogen) atoms. The molecule has 1 rings (SSSR count). The fourth-order valence-electron chi connectivity index (χ4n) is 1.18. The molecule has 0 bridgehead atoms. The number of hydrogen-bond donors (Lipinski definition) is 0. The SMILES string of the molecule is C=CCc1cc[c]c([N+](=O)[O-])c1[N+](=O)[O-]. The van der Waals surface area contributed by atoms with Crippen molar-refractivity contribution in [1.29, 1.82) is 0 Å². The monoisotopic (exact) mass is 207 g/mol. The summed E-state index contributed by atoms with van der Waals surface area (Å²) in [6, 6.07) is 4.96. The Morgan fingerprint density at radius 2 is 2.07 bits per heavy atom. The maximum absolute atomic E-state index is 10.7. The smallest absolute Gasteiger partial charge is 0.258 e. The first kappa shape index (κ1) is 10.8. The minimum Gasteiger partial charge on any atom is -0.258 e. The van der Waals surface area contributed by atoms with E-state index >= 15 is 0 Å². The fourth-order valence-corrected chi connectivity index (χ4v) is 1.18. The van der Waals surface area contributed by atoms with E-state index < -0.39 is 21.2 Å². The van der Waals surface area contributed by atoms with Gasteiger partial charge in [-0.1, -0.05) is 12.1 Å². The molecule has 0 saturated carbocycles. The molecule has 0 aliphatic carbocycles.